The first-order valence-corrected chi connectivity index (χ1v) is 18.4. The smallest absolute Gasteiger partial charge is 0.164 e. The van der Waals surface area contributed by atoms with Crippen molar-refractivity contribution < 1.29 is 0 Å². The molecule has 7 aromatic carbocycles. The van der Waals surface area contributed by atoms with E-state index in [2.05, 4.69) is 138 Å². The summed E-state index contributed by atoms with van der Waals surface area (Å²) in [6.45, 7) is 0. The van der Waals surface area contributed by atoms with Gasteiger partial charge in [-0.3, -0.25) is 0 Å². The summed E-state index contributed by atoms with van der Waals surface area (Å²) in [5.74, 6) is 1.93. The van der Waals surface area contributed by atoms with E-state index in [1.54, 1.807) is 0 Å². The van der Waals surface area contributed by atoms with Gasteiger partial charge < -0.3 is 0 Å². The third kappa shape index (κ3) is 5.94. The molecule has 10 rings (SSSR count). The quantitative estimate of drug-likeness (QED) is 0.166. The highest BCUT2D eigenvalue weighted by Crippen LogP contribution is 2.43. The highest BCUT2D eigenvalue weighted by molar-refractivity contribution is 6.13. The molecule has 5 heteroatoms. The minimum Gasteiger partial charge on any atom is -0.231 e. The van der Waals surface area contributed by atoms with Crippen LogP contribution in [0.4, 0.5) is 0 Å². The van der Waals surface area contributed by atoms with Gasteiger partial charge in [-0.15, -0.1) is 0 Å². The fraction of sp³-hybridized carbons (Fsp3) is 0. The Bertz CT molecular complexity index is 2880. The van der Waals surface area contributed by atoms with Gasteiger partial charge in [-0.25, -0.2) is 19.5 Å². The van der Waals surface area contributed by atoms with Crippen LogP contribution in [0.25, 0.3) is 95.1 Å². The molecule has 10 aromatic rings. The van der Waals surface area contributed by atoms with E-state index in [9.17, 15) is 0 Å². The summed E-state index contributed by atoms with van der Waals surface area (Å²) in [6, 6.07) is 67.3. The maximum Gasteiger partial charge on any atom is 0.164 e. The van der Waals surface area contributed by atoms with Crippen LogP contribution >= 0.6 is 0 Å². The molecular weight excluding hydrogens is 671 g/mol. The molecule has 0 saturated heterocycles. The van der Waals surface area contributed by atoms with Gasteiger partial charge in [-0.2, -0.15) is 5.10 Å². The van der Waals surface area contributed by atoms with E-state index >= 15 is 0 Å². The van der Waals surface area contributed by atoms with Gasteiger partial charge in [-0.05, 0) is 33.7 Å². The zero-order valence-corrected chi connectivity index (χ0v) is 29.8. The molecule has 0 aliphatic rings. The monoisotopic (exact) mass is 703 g/mol. The fourth-order valence-corrected chi connectivity index (χ4v) is 7.51. The number of fused-ring (bicyclic) bond motifs is 3. The Morgan fingerprint density at radius 3 is 1.35 bits per heavy atom. The molecule has 3 aromatic heterocycles. The molecule has 0 fully saturated rings. The molecule has 0 unspecified atom stereocenters. The zero-order chi connectivity index (χ0) is 36.6. The lowest BCUT2D eigenvalue weighted by atomic mass is 9.90. The second-order valence-corrected chi connectivity index (χ2v) is 13.5. The van der Waals surface area contributed by atoms with Crippen LogP contribution in [0, 0.1) is 0 Å². The number of benzene rings is 7. The Morgan fingerprint density at radius 2 is 0.764 bits per heavy atom. The highest BCUT2D eigenvalue weighted by atomic mass is 15.2. The van der Waals surface area contributed by atoms with Crippen LogP contribution in [-0.2, 0) is 0 Å². The Balaban J connectivity index is 1.10. The second kappa shape index (κ2) is 13.8. The SMILES string of the molecule is c1ccc(-c2nc(-c3ccccc3)nc(-c3ccc(-c4cccc(-c5c(-c6ccccc6)n6ncc(-c7ccccc7)c6c6ccccc56)c4)cc3)n2)cc1. The van der Waals surface area contributed by atoms with Gasteiger partial charge in [0.05, 0.1) is 17.4 Å². The van der Waals surface area contributed by atoms with Crippen LogP contribution < -0.4 is 0 Å². The maximum atomic E-state index is 5.08. The first-order valence-electron chi connectivity index (χ1n) is 18.4. The Labute approximate surface area is 318 Å². The van der Waals surface area contributed by atoms with Gasteiger partial charge >= 0.3 is 0 Å². The summed E-state index contributed by atoms with van der Waals surface area (Å²) in [4.78, 5) is 14.7. The number of pyridine rings is 1. The molecule has 0 aliphatic carbocycles. The molecule has 5 nitrogen and oxygen atoms in total. The lowest BCUT2D eigenvalue weighted by Crippen LogP contribution is -2.00. The molecule has 0 radical (unpaired) electrons. The van der Waals surface area contributed by atoms with Gasteiger partial charge in [0.15, 0.2) is 17.5 Å². The molecule has 0 aliphatic heterocycles. The van der Waals surface area contributed by atoms with E-state index in [0.29, 0.717) is 17.5 Å². The van der Waals surface area contributed by atoms with Crippen molar-refractivity contribution in [1.29, 1.82) is 0 Å². The number of nitrogens with zero attached hydrogens (tertiary/aromatic N) is 5. The number of aromatic nitrogens is 5. The Hall–Kier alpha value is -7.50. The van der Waals surface area contributed by atoms with Crippen molar-refractivity contribution in [3.05, 3.63) is 200 Å². The molecule has 258 valence electrons. The van der Waals surface area contributed by atoms with Crippen molar-refractivity contribution in [3.63, 3.8) is 0 Å². The minimum absolute atomic E-state index is 0.634. The highest BCUT2D eigenvalue weighted by Gasteiger charge is 2.22. The molecule has 0 amide bonds. The second-order valence-electron chi connectivity index (χ2n) is 13.5. The Kier molecular flexibility index (Phi) is 8.08. The first kappa shape index (κ1) is 32.2. The largest absolute Gasteiger partial charge is 0.231 e. The summed E-state index contributed by atoms with van der Waals surface area (Å²) in [7, 11) is 0. The van der Waals surface area contributed by atoms with Crippen LogP contribution in [0.2, 0.25) is 0 Å². The lowest BCUT2D eigenvalue weighted by molar-refractivity contribution is 0.976. The average molecular weight is 704 g/mol. The van der Waals surface area contributed by atoms with Crippen molar-refractivity contribution in [2.24, 2.45) is 0 Å². The number of hydrogen-bond acceptors (Lipinski definition) is 4. The van der Waals surface area contributed by atoms with Crippen molar-refractivity contribution in [2.75, 3.05) is 0 Å². The molecule has 0 N–H and O–H groups in total. The van der Waals surface area contributed by atoms with E-state index in [4.69, 9.17) is 20.1 Å². The topological polar surface area (TPSA) is 56.0 Å². The predicted octanol–water partition coefficient (Wildman–Crippen LogP) is 12.3. The number of rotatable bonds is 7. The summed E-state index contributed by atoms with van der Waals surface area (Å²) in [6.07, 6.45) is 2.00. The van der Waals surface area contributed by atoms with Crippen LogP contribution in [-0.4, -0.2) is 24.6 Å². The summed E-state index contributed by atoms with van der Waals surface area (Å²) in [5.41, 5.74) is 12.8. The van der Waals surface area contributed by atoms with E-state index in [1.807, 2.05) is 66.9 Å². The maximum absolute atomic E-state index is 5.08. The van der Waals surface area contributed by atoms with E-state index in [1.165, 1.54) is 5.39 Å². The third-order valence-corrected chi connectivity index (χ3v) is 10.1. The molecule has 0 atom stereocenters. The lowest BCUT2D eigenvalue weighted by Gasteiger charge is -2.18. The van der Waals surface area contributed by atoms with Crippen molar-refractivity contribution >= 4 is 16.3 Å². The number of hydrogen-bond donors (Lipinski definition) is 0. The molecule has 0 saturated carbocycles. The van der Waals surface area contributed by atoms with Gasteiger partial charge in [0, 0.05) is 38.8 Å². The van der Waals surface area contributed by atoms with Crippen molar-refractivity contribution in [3.8, 4) is 78.8 Å². The summed E-state index contributed by atoms with van der Waals surface area (Å²) in [5, 5.41) is 7.41. The van der Waals surface area contributed by atoms with E-state index in [0.717, 1.165) is 72.2 Å². The minimum atomic E-state index is 0.634. The van der Waals surface area contributed by atoms with Crippen molar-refractivity contribution in [1.82, 2.24) is 24.6 Å². The normalized spacial score (nSPS) is 11.3. The molecule has 3 heterocycles. The third-order valence-electron chi connectivity index (χ3n) is 10.1. The van der Waals surface area contributed by atoms with Gasteiger partial charge in [0.2, 0.25) is 0 Å². The average Bonchev–Trinajstić information content (AvgIpc) is 3.72. The van der Waals surface area contributed by atoms with Crippen LogP contribution in [0.15, 0.2) is 200 Å². The Morgan fingerprint density at radius 1 is 0.327 bits per heavy atom. The van der Waals surface area contributed by atoms with Gasteiger partial charge in [-0.1, -0.05) is 188 Å². The standard InChI is InChI=1S/C50H33N5/c1-5-16-35(17-6-1)44-33-51-55-46(36-18-7-2-8-19-36)45(42-26-13-14-27-43(42)47(44)55)41-25-15-24-40(32-41)34-28-30-39(31-29-34)50-53-48(37-20-9-3-10-21-37)52-49(54-50)38-22-11-4-12-23-38/h1-33H. The van der Waals surface area contributed by atoms with Gasteiger partial charge in [0.1, 0.15) is 0 Å². The summed E-state index contributed by atoms with van der Waals surface area (Å²) >= 11 is 0. The molecule has 0 spiro atoms. The summed E-state index contributed by atoms with van der Waals surface area (Å²) < 4.78 is 2.14. The van der Waals surface area contributed by atoms with Crippen LogP contribution in [0.5, 0.6) is 0 Å². The van der Waals surface area contributed by atoms with Crippen molar-refractivity contribution in [2.45, 2.75) is 0 Å². The van der Waals surface area contributed by atoms with E-state index < -0.39 is 0 Å². The molecular formula is C50H33N5. The van der Waals surface area contributed by atoms with Crippen LogP contribution in [0.1, 0.15) is 0 Å². The van der Waals surface area contributed by atoms with Gasteiger partial charge in [0.25, 0.3) is 0 Å². The first-order chi connectivity index (χ1) is 27.3. The van der Waals surface area contributed by atoms with Crippen LogP contribution in [0.3, 0.4) is 0 Å². The molecule has 55 heavy (non-hydrogen) atoms. The van der Waals surface area contributed by atoms with E-state index in [-0.39, 0.29) is 0 Å². The fourth-order valence-electron chi connectivity index (χ4n) is 7.51. The molecule has 0 bridgehead atoms. The zero-order valence-electron chi connectivity index (χ0n) is 29.8. The predicted molar refractivity (Wildman–Crippen MR) is 224 cm³/mol.